The number of nitrogens with zero attached hydrogens (tertiary/aromatic N) is 1. The summed E-state index contributed by atoms with van der Waals surface area (Å²) < 4.78 is 6.45. The number of halogens is 2. The Labute approximate surface area is 113 Å². The Bertz CT molecular complexity index is 511. The van der Waals surface area contributed by atoms with Crippen LogP contribution in [0.4, 0.5) is 5.69 Å². The number of benzene rings is 1. The van der Waals surface area contributed by atoms with E-state index in [1.165, 1.54) is 0 Å². The molecule has 0 amide bonds. The number of anilines is 1. The lowest BCUT2D eigenvalue weighted by Gasteiger charge is -2.09. The molecule has 0 aliphatic heterocycles. The number of hydrogen-bond donors (Lipinski definition) is 1. The van der Waals surface area contributed by atoms with Crippen molar-refractivity contribution in [2.75, 3.05) is 5.73 Å². The van der Waals surface area contributed by atoms with Gasteiger partial charge in [0.25, 0.3) is 0 Å². The maximum Gasteiger partial charge on any atom is 0.242 e. The van der Waals surface area contributed by atoms with Gasteiger partial charge in [-0.15, -0.1) is 0 Å². The summed E-state index contributed by atoms with van der Waals surface area (Å²) in [6.07, 6.45) is 1.69. The quantitative estimate of drug-likeness (QED) is 0.904. The second kappa shape index (κ2) is 4.94. The average molecular weight is 314 g/mol. The fourth-order valence-electron chi connectivity index (χ4n) is 1.33. The minimum atomic E-state index is 0.361. The highest BCUT2D eigenvalue weighted by Crippen LogP contribution is 2.32. The van der Waals surface area contributed by atoms with E-state index in [0.29, 0.717) is 22.3 Å². The van der Waals surface area contributed by atoms with E-state index >= 15 is 0 Å². The van der Waals surface area contributed by atoms with Crippen molar-refractivity contribution in [1.29, 1.82) is 0 Å². The van der Waals surface area contributed by atoms with Crippen LogP contribution in [0, 0.1) is 6.92 Å². The Morgan fingerprint density at radius 3 is 2.76 bits per heavy atom. The predicted molar refractivity (Wildman–Crippen MR) is 72.6 cm³/mol. The van der Waals surface area contributed by atoms with Crippen molar-refractivity contribution in [3.8, 4) is 11.6 Å². The van der Waals surface area contributed by atoms with Crippen LogP contribution in [-0.4, -0.2) is 4.98 Å². The van der Waals surface area contributed by atoms with Crippen LogP contribution in [0.15, 0.2) is 34.9 Å². The molecule has 0 bridgehead atoms. The summed E-state index contributed by atoms with van der Waals surface area (Å²) in [5.74, 6) is 0.887. The molecule has 0 saturated heterocycles. The van der Waals surface area contributed by atoms with Crippen LogP contribution in [0.1, 0.15) is 5.56 Å². The van der Waals surface area contributed by atoms with Crippen LogP contribution >= 0.6 is 27.5 Å². The third-order valence-corrected chi connectivity index (χ3v) is 2.90. The van der Waals surface area contributed by atoms with Gasteiger partial charge in [-0.05, 0) is 36.8 Å². The van der Waals surface area contributed by atoms with Crippen molar-refractivity contribution in [2.45, 2.75) is 6.92 Å². The Hall–Kier alpha value is -1.26. The van der Waals surface area contributed by atoms with Crippen molar-refractivity contribution in [2.24, 2.45) is 0 Å². The zero-order valence-electron chi connectivity index (χ0n) is 9.08. The lowest BCUT2D eigenvalue weighted by Crippen LogP contribution is -1.96. The SMILES string of the molecule is Cc1cnc(Oc2ccc(Br)cc2Cl)c(N)c1. The van der Waals surface area contributed by atoms with E-state index in [1.54, 1.807) is 24.4 Å². The summed E-state index contributed by atoms with van der Waals surface area (Å²) in [4.78, 5) is 4.12. The molecule has 3 nitrogen and oxygen atoms in total. The second-order valence-corrected chi connectivity index (χ2v) is 4.91. The predicted octanol–water partition coefficient (Wildman–Crippen LogP) is 4.18. The van der Waals surface area contributed by atoms with Gasteiger partial charge in [0.05, 0.1) is 10.7 Å². The van der Waals surface area contributed by atoms with E-state index in [9.17, 15) is 0 Å². The van der Waals surface area contributed by atoms with Gasteiger partial charge in [-0.1, -0.05) is 27.5 Å². The van der Waals surface area contributed by atoms with Gasteiger partial charge in [0.1, 0.15) is 5.75 Å². The Morgan fingerprint density at radius 1 is 1.35 bits per heavy atom. The van der Waals surface area contributed by atoms with Crippen molar-refractivity contribution >= 4 is 33.2 Å². The maximum absolute atomic E-state index is 6.04. The van der Waals surface area contributed by atoms with Crippen LogP contribution in [0.2, 0.25) is 5.02 Å². The summed E-state index contributed by atoms with van der Waals surface area (Å²) in [7, 11) is 0. The summed E-state index contributed by atoms with van der Waals surface area (Å²) in [6, 6.07) is 7.15. The zero-order valence-corrected chi connectivity index (χ0v) is 11.4. The summed E-state index contributed by atoms with van der Waals surface area (Å²) in [5.41, 5.74) is 7.28. The molecule has 2 N–H and O–H groups in total. The highest BCUT2D eigenvalue weighted by Gasteiger charge is 2.07. The molecule has 0 spiro atoms. The summed E-state index contributed by atoms with van der Waals surface area (Å²) in [6.45, 7) is 1.92. The van der Waals surface area contributed by atoms with Crippen LogP contribution in [-0.2, 0) is 0 Å². The highest BCUT2D eigenvalue weighted by atomic mass is 79.9. The molecule has 1 aromatic heterocycles. The van der Waals surface area contributed by atoms with Gasteiger partial charge in [-0.25, -0.2) is 4.98 Å². The minimum absolute atomic E-state index is 0.361. The van der Waals surface area contributed by atoms with Gasteiger partial charge in [0, 0.05) is 10.7 Å². The van der Waals surface area contributed by atoms with Gasteiger partial charge < -0.3 is 10.5 Å². The number of pyridine rings is 1. The van der Waals surface area contributed by atoms with Gasteiger partial charge in [-0.3, -0.25) is 0 Å². The summed E-state index contributed by atoms with van der Waals surface area (Å²) in [5, 5.41) is 0.501. The minimum Gasteiger partial charge on any atom is -0.436 e. The first-order chi connectivity index (χ1) is 8.06. The molecule has 0 atom stereocenters. The fraction of sp³-hybridized carbons (Fsp3) is 0.0833. The summed E-state index contributed by atoms with van der Waals surface area (Å²) >= 11 is 9.36. The number of rotatable bonds is 2. The number of nitrogens with two attached hydrogens (primary N) is 1. The number of nitrogen functional groups attached to an aromatic ring is 1. The molecule has 0 radical (unpaired) electrons. The van der Waals surface area contributed by atoms with E-state index in [-0.39, 0.29) is 0 Å². The van der Waals surface area contributed by atoms with Gasteiger partial charge in [0.15, 0.2) is 0 Å². The van der Waals surface area contributed by atoms with Crippen LogP contribution in [0.25, 0.3) is 0 Å². The van der Waals surface area contributed by atoms with Crippen molar-refractivity contribution < 1.29 is 4.74 Å². The molecule has 0 aliphatic rings. The monoisotopic (exact) mass is 312 g/mol. The lowest BCUT2D eigenvalue weighted by atomic mass is 10.3. The molecule has 88 valence electrons. The first-order valence-corrected chi connectivity index (χ1v) is 6.08. The average Bonchev–Trinajstić information content (AvgIpc) is 2.25. The van der Waals surface area contributed by atoms with Crippen LogP contribution in [0.5, 0.6) is 11.6 Å². The molecule has 1 heterocycles. The Morgan fingerprint density at radius 2 is 2.12 bits per heavy atom. The van der Waals surface area contributed by atoms with E-state index in [2.05, 4.69) is 20.9 Å². The maximum atomic E-state index is 6.04. The fourth-order valence-corrected chi connectivity index (χ4v) is 2.04. The number of aryl methyl sites for hydroxylation is 1. The van der Waals surface area contributed by atoms with E-state index in [4.69, 9.17) is 22.1 Å². The Balaban J connectivity index is 2.31. The molecule has 1 aromatic carbocycles. The standard InChI is InChI=1S/C12H10BrClN2O/c1-7-4-10(15)12(16-6-7)17-11-3-2-8(13)5-9(11)14/h2-6H,15H2,1H3. The number of aromatic nitrogens is 1. The largest absolute Gasteiger partial charge is 0.436 e. The molecule has 2 rings (SSSR count). The van der Waals surface area contributed by atoms with Crippen LogP contribution in [0.3, 0.4) is 0 Å². The smallest absolute Gasteiger partial charge is 0.242 e. The lowest BCUT2D eigenvalue weighted by molar-refractivity contribution is 0.465. The van der Waals surface area contributed by atoms with Crippen molar-refractivity contribution in [1.82, 2.24) is 4.98 Å². The van der Waals surface area contributed by atoms with Gasteiger partial charge >= 0.3 is 0 Å². The molecule has 0 fully saturated rings. The Kier molecular flexibility index (Phi) is 3.54. The van der Waals surface area contributed by atoms with Crippen molar-refractivity contribution in [3.05, 3.63) is 45.5 Å². The van der Waals surface area contributed by atoms with Crippen LogP contribution < -0.4 is 10.5 Å². The second-order valence-electron chi connectivity index (χ2n) is 3.58. The molecule has 2 aromatic rings. The molecule has 17 heavy (non-hydrogen) atoms. The zero-order chi connectivity index (χ0) is 12.4. The first kappa shape index (κ1) is 12.2. The first-order valence-electron chi connectivity index (χ1n) is 4.91. The normalized spacial score (nSPS) is 10.3. The third kappa shape index (κ3) is 2.90. The highest BCUT2D eigenvalue weighted by molar-refractivity contribution is 9.10. The molecule has 5 heteroatoms. The molecule has 0 saturated carbocycles. The third-order valence-electron chi connectivity index (χ3n) is 2.12. The molecule has 0 unspecified atom stereocenters. The van der Waals surface area contributed by atoms with Gasteiger partial charge in [0.2, 0.25) is 5.88 Å². The molecular weight excluding hydrogens is 304 g/mol. The van der Waals surface area contributed by atoms with E-state index < -0.39 is 0 Å². The van der Waals surface area contributed by atoms with E-state index in [0.717, 1.165) is 10.0 Å². The number of ether oxygens (including phenoxy) is 1. The van der Waals surface area contributed by atoms with E-state index in [1.807, 2.05) is 13.0 Å². The molecular formula is C12H10BrClN2O. The van der Waals surface area contributed by atoms with Crippen molar-refractivity contribution in [3.63, 3.8) is 0 Å². The van der Waals surface area contributed by atoms with Gasteiger partial charge in [-0.2, -0.15) is 0 Å². The number of hydrogen-bond acceptors (Lipinski definition) is 3. The molecule has 0 aliphatic carbocycles. The topological polar surface area (TPSA) is 48.1 Å².